The molecule has 2 rings (SSSR count). The summed E-state index contributed by atoms with van der Waals surface area (Å²) in [4.78, 5) is 14.3. The number of nitrogens with zero attached hydrogens (tertiary/aromatic N) is 1. The smallest absolute Gasteiger partial charge is 0.325 e. The number of hydrogen-bond donors (Lipinski definition) is 2. The molecule has 0 aromatic heterocycles. The lowest BCUT2D eigenvalue weighted by Crippen LogP contribution is -2.65. The van der Waals surface area contributed by atoms with E-state index in [2.05, 4.69) is 17.1 Å². The number of hydrogen-bond acceptors (Lipinski definition) is 4. The molecule has 116 valence electrons. The van der Waals surface area contributed by atoms with Gasteiger partial charge in [0, 0.05) is 25.2 Å². The van der Waals surface area contributed by atoms with Crippen LogP contribution in [0.3, 0.4) is 0 Å². The first kappa shape index (κ1) is 15.7. The van der Waals surface area contributed by atoms with E-state index in [0.29, 0.717) is 13.2 Å². The lowest BCUT2D eigenvalue weighted by atomic mass is 9.90. The molecule has 1 aliphatic carbocycles. The highest BCUT2D eigenvalue weighted by atomic mass is 16.5. The molecule has 2 fully saturated rings. The van der Waals surface area contributed by atoms with E-state index in [1.54, 1.807) is 0 Å². The van der Waals surface area contributed by atoms with Crippen LogP contribution in [-0.2, 0) is 9.53 Å². The average molecular weight is 284 g/mol. The van der Waals surface area contributed by atoms with Gasteiger partial charge in [0.15, 0.2) is 0 Å². The topological polar surface area (TPSA) is 61.8 Å². The third-order valence-electron chi connectivity index (χ3n) is 4.39. The zero-order chi connectivity index (χ0) is 14.9. The summed E-state index contributed by atoms with van der Waals surface area (Å²) in [5.41, 5.74) is -0.806. The summed E-state index contributed by atoms with van der Waals surface area (Å²) in [6, 6.07) is 0.443. The summed E-state index contributed by atoms with van der Waals surface area (Å²) in [5, 5.41) is 13.2. The third-order valence-corrected chi connectivity index (χ3v) is 4.39. The lowest BCUT2D eigenvalue weighted by Gasteiger charge is -2.43. The van der Waals surface area contributed by atoms with Gasteiger partial charge in [0.25, 0.3) is 0 Å². The Morgan fingerprint density at radius 2 is 2.10 bits per heavy atom. The predicted molar refractivity (Wildman–Crippen MR) is 77.8 cm³/mol. The maximum atomic E-state index is 12.0. The van der Waals surface area contributed by atoms with Crippen LogP contribution in [0.4, 0.5) is 0 Å². The molecule has 1 aliphatic heterocycles. The molecule has 5 heteroatoms. The molecule has 1 saturated carbocycles. The van der Waals surface area contributed by atoms with Crippen LogP contribution in [0, 0.1) is 5.92 Å². The van der Waals surface area contributed by atoms with Gasteiger partial charge in [0.1, 0.15) is 5.54 Å². The van der Waals surface area contributed by atoms with Gasteiger partial charge in [-0.1, -0.05) is 0 Å². The first-order valence-corrected chi connectivity index (χ1v) is 7.72. The molecule has 2 N–H and O–H groups in total. The van der Waals surface area contributed by atoms with Gasteiger partial charge in [-0.3, -0.25) is 15.0 Å². The zero-order valence-corrected chi connectivity index (χ0v) is 13.1. The van der Waals surface area contributed by atoms with Crippen LogP contribution in [0.25, 0.3) is 0 Å². The molecule has 1 heterocycles. The van der Waals surface area contributed by atoms with Crippen LogP contribution >= 0.6 is 0 Å². The van der Waals surface area contributed by atoms with E-state index in [1.807, 2.05) is 20.8 Å². The molecule has 20 heavy (non-hydrogen) atoms. The van der Waals surface area contributed by atoms with Crippen LogP contribution in [-0.4, -0.2) is 59.4 Å². The lowest BCUT2D eigenvalue weighted by molar-refractivity contribution is -0.149. The van der Waals surface area contributed by atoms with Crippen LogP contribution < -0.4 is 5.32 Å². The normalized spacial score (nSPS) is 31.2. The number of nitrogens with one attached hydrogen (secondary N) is 1. The fraction of sp³-hybridized carbons (Fsp3) is 0.933. The zero-order valence-electron chi connectivity index (χ0n) is 13.1. The summed E-state index contributed by atoms with van der Waals surface area (Å²) in [5.74, 6) is -0.451. The highest BCUT2D eigenvalue weighted by Gasteiger charge is 2.52. The van der Waals surface area contributed by atoms with Gasteiger partial charge >= 0.3 is 5.97 Å². The van der Waals surface area contributed by atoms with E-state index in [1.165, 1.54) is 0 Å². The van der Waals surface area contributed by atoms with E-state index in [-0.39, 0.29) is 24.1 Å². The Kier molecular flexibility index (Phi) is 4.72. The molecule has 0 radical (unpaired) electrons. The van der Waals surface area contributed by atoms with Crippen molar-refractivity contribution < 1.29 is 14.6 Å². The highest BCUT2D eigenvalue weighted by Crippen LogP contribution is 2.41. The second kappa shape index (κ2) is 6.00. The number of carboxylic acid groups (broad SMARTS) is 1. The molecule has 0 spiro atoms. The number of aliphatic carboxylic acids is 1. The average Bonchev–Trinajstić information content (AvgIpc) is 3.16. The highest BCUT2D eigenvalue weighted by molar-refractivity contribution is 5.80. The second-order valence-corrected chi connectivity index (χ2v) is 6.77. The third kappa shape index (κ3) is 3.32. The SMILES string of the molecule is CC(C)NC(CN1CC(C)OCC1C)(C(=O)O)C1CC1. The Hall–Kier alpha value is -0.650. The van der Waals surface area contributed by atoms with Crippen LogP contribution in [0.15, 0.2) is 0 Å². The first-order chi connectivity index (χ1) is 9.35. The largest absolute Gasteiger partial charge is 0.480 e. The van der Waals surface area contributed by atoms with Crippen molar-refractivity contribution in [3.05, 3.63) is 0 Å². The van der Waals surface area contributed by atoms with Gasteiger partial charge in [-0.15, -0.1) is 0 Å². The molecule has 3 unspecified atom stereocenters. The Morgan fingerprint density at radius 3 is 2.60 bits per heavy atom. The van der Waals surface area contributed by atoms with Gasteiger partial charge in [0.05, 0.1) is 12.7 Å². The molecule has 3 atom stereocenters. The molecule has 1 saturated heterocycles. The fourth-order valence-electron chi connectivity index (χ4n) is 3.20. The number of morpholine rings is 1. The summed E-state index contributed by atoms with van der Waals surface area (Å²) < 4.78 is 5.64. The summed E-state index contributed by atoms with van der Waals surface area (Å²) in [6.45, 7) is 10.3. The maximum absolute atomic E-state index is 12.0. The van der Waals surface area contributed by atoms with Gasteiger partial charge in [-0.2, -0.15) is 0 Å². The van der Waals surface area contributed by atoms with Gasteiger partial charge < -0.3 is 9.84 Å². The molecule has 5 nitrogen and oxygen atoms in total. The van der Waals surface area contributed by atoms with Crippen molar-refractivity contribution in [2.24, 2.45) is 5.92 Å². The van der Waals surface area contributed by atoms with Crippen molar-refractivity contribution in [2.75, 3.05) is 19.7 Å². The van der Waals surface area contributed by atoms with Crippen molar-refractivity contribution in [2.45, 2.75) is 64.3 Å². The number of carbonyl (C=O) groups is 1. The predicted octanol–water partition coefficient (Wildman–Crippen LogP) is 1.33. The van der Waals surface area contributed by atoms with Crippen LogP contribution in [0.5, 0.6) is 0 Å². The second-order valence-electron chi connectivity index (χ2n) is 6.77. The Labute approximate surface area is 121 Å². The summed E-state index contributed by atoms with van der Waals surface area (Å²) in [7, 11) is 0. The van der Waals surface area contributed by atoms with Crippen LogP contribution in [0.1, 0.15) is 40.5 Å². The number of rotatable bonds is 6. The standard InChI is InChI=1S/C15H28N2O3/c1-10(2)16-15(14(18)19,13-5-6-13)9-17-7-12(4)20-8-11(17)3/h10-13,16H,5-9H2,1-4H3,(H,18,19). The maximum Gasteiger partial charge on any atom is 0.325 e. The van der Waals surface area contributed by atoms with Crippen molar-refractivity contribution >= 4 is 5.97 Å². The number of carboxylic acids is 1. The molecule has 2 aliphatic rings. The van der Waals surface area contributed by atoms with Crippen molar-refractivity contribution in [3.63, 3.8) is 0 Å². The Bertz CT molecular complexity index is 357. The van der Waals surface area contributed by atoms with E-state index in [0.717, 1.165) is 19.4 Å². The van der Waals surface area contributed by atoms with Crippen molar-refractivity contribution in [1.82, 2.24) is 10.2 Å². The minimum Gasteiger partial charge on any atom is -0.480 e. The van der Waals surface area contributed by atoms with Gasteiger partial charge in [0.2, 0.25) is 0 Å². The molecule has 0 aromatic rings. The molecule has 0 bridgehead atoms. The van der Waals surface area contributed by atoms with Crippen LogP contribution in [0.2, 0.25) is 0 Å². The number of ether oxygens (including phenoxy) is 1. The summed E-state index contributed by atoms with van der Waals surface area (Å²) >= 11 is 0. The van der Waals surface area contributed by atoms with Crippen molar-refractivity contribution in [3.8, 4) is 0 Å². The van der Waals surface area contributed by atoms with Gasteiger partial charge in [-0.25, -0.2) is 0 Å². The molecule has 0 amide bonds. The minimum absolute atomic E-state index is 0.167. The monoisotopic (exact) mass is 284 g/mol. The summed E-state index contributed by atoms with van der Waals surface area (Å²) in [6.07, 6.45) is 2.21. The molecule has 0 aromatic carbocycles. The van der Waals surface area contributed by atoms with Gasteiger partial charge in [-0.05, 0) is 46.5 Å². The Morgan fingerprint density at radius 1 is 1.45 bits per heavy atom. The fourth-order valence-corrected chi connectivity index (χ4v) is 3.20. The van der Waals surface area contributed by atoms with E-state index >= 15 is 0 Å². The first-order valence-electron chi connectivity index (χ1n) is 7.72. The molecular formula is C15H28N2O3. The van der Waals surface area contributed by atoms with Crippen molar-refractivity contribution in [1.29, 1.82) is 0 Å². The quantitative estimate of drug-likeness (QED) is 0.770. The minimum atomic E-state index is -0.806. The molecular weight excluding hydrogens is 256 g/mol. The van der Waals surface area contributed by atoms with E-state index < -0.39 is 11.5 Å². The Balaban J connectivity index is 2.15. The van der Waals surface area contributed by atoms with E-state index in [4.69, 9.17) is 4.74 Å². The van der Waals surface area contributed by atoms with E-state index in [9.17, 15) is 9.90 Å².